The van der Waals surface area contributed by atoms with E-state index in [-0.39, 0.29) is 36.0 Å². The Morgan fingerprint density at radius 2 is 1.93 bits per heavy atom. The summed E-state index contributed by atoms with van der Waals surface area (Å²) in [5, 5.41) is 5.58. The van der Waals surface area contributed by atoms with Gasteiger partial charge in [-0.25, -0.2) is 4.98 Å². The summed E-state index contributed by atoms with van der Waals surface area (Å²) in [5.41, 5.74) is 0.633. The Morgan fingerprint density at radius 3 is 2.55 bits per heavy atom. The summed E-state index contributed by atoms with van der Waals surface area (Å²) in [5.74, 6) is -1.55. The van der Waals surface area contributed by atoms with Gasteiger partial charge in [-0.05, 0) is 44.9 Å². The molecule has 0 unspecified atom stereocenters. The van der Waals surface area contributed by atoms with E-state index in [0.29, 0.717) is 5.52 Å². The summed E-state index contributed by atoms with van der Waals surface area (Å²) in [6.07, 6.45) is -0.218. The molecule has 9 heteroatoms. The van der Waals surface area contributed by atoms with E-state index in [1.807, 2.05) is 0 Å². The van der Waals surface area contributed by atoms with Crippen LogP contribution in [0.25, 0.3) is 11.0 Å². The van der Waals surface area contributed by atoms with Crippen LogP contribution in [0.4, 0.5) is 13.2 Å². The highest BCUT2D eigenvalue weighted by Crippen LogP contribution is 2.33. The Bertz CT molecular complexity index is 899. The number of aromatic nitrogens is 2. The average molecular weight is 410 g/mol. The van der Waals surface area contributed by atoms with Crippen LogP contribution in [-0.4, -0.2) is 34.0 Å². The molecule has 1 fully saturated rings. The van der Waals surface area contributed by atoms with Crippen LogP contribution >= 0.6 is 0 Å². The topological polar surface area (TPSA) is 76.0 Å². The number of hydrogen-bond acceptors (Lipinski definition) is 3. The van der Waals surface area contributed by atoms with Gasteiger partial charge in [-0.1, -0.05) is 12.8 Å². The molecule has 158 valence electrons. The third-order valence-corrected chi connectivity index (χ3v) is 5.08. The van der Waals surface area contributed by atoms with Crippen molar-refractivity contribution < 1.29 is 22.8 Å². The van der Waals surface area contributed by atoms with E-state index in [1.54, 1.807) is 13.8 Å². The molecular formula is C20H25F3N4O2. The lowest BCUT2D eigenvalue weighted by molar-refractivity contribution is -0.147. The van der Waals surface area contributed by atoms with Crippen molar-refractivity contribution >= 4 is 22.8 Å². The Hall–Kier alpha value is -2.58. The molecule has 1 aromatic heterocycles. The van der Waals surface area contributed by atoms with Gasteiger partial charge in [0.05, 0.1) is 11.0 Å². The summed E-state index contributed by atoms with van der Waals surface area (Å²) in [7, 11) is 0. The number of fused-ring (bicyclic) bond motifs is 1. The van der Waals surface area contributed by atoms with Gasteiger partial charge < -0.3 is 15.2 Å². The van der Waals surface area contributed by atoms with E-state index in [0.717, 1.165) is 30.3 Å². The zero-order valence-corrected chi connectivity index (χ0v) is 16.5. The smallest absolute Gasteiger partial charge is 0.353 e. The first-order chi connectivity index (χ1) is 13.7. The lowest BCUT2D eigenvalue weighted by Crippen LogP contribution is -2.35. The average Bonchev–Trinajstić information content (AvgIpc) is 3.27. The first-order valence-corrected chi connectivity index (χ1v) is 9.83. The van der Waals surface area contributed by atoms with Crippen LogP contribution in [0.1, 0.15) is 68.2 Å². The van der Waals surface area contributed by atoms with Gasteiger partial charge >= 0.3 is 6.18 Å². The first-order valence-electron chi connectivity index (χ1n) is 9.83. The summed E-state index contributed by atoms with van der Waals surface area (Å²) in [6.45, 7) is 3.45. The van der Waals surface area contributed by atoms with Gasteiger partial charge in [-0.3, -0.25) is 9.59 Å². The fraction of sp³-hybridized carbons (Fsp3) is 0.550. The summed E-state index contributed by atoms with van der Waals surface area (Å²) < 4.78 is 41.0. The predicted octanol–water partition coefficient (Wildman–Crippen LogP) is 3.81. The highest BCUT2D eigenvalue weighted by molar-refractivity contribution is 5.97. The van der Waals surface area contributed by atoms with E-state index in [1.165, 1.54) is 18.2 Å². The molecule has 0 atom stereocenters. The maximum atomic E-state index is 13.3. The van der Waals surface area contributed by atoms with Crippen molar-refractivity contribution in [2.45, 2.75) is 64.2 Å². The Kier molecular flexibility index (Phi) is 6.14. The first kappa shape index (κ1) is 21.1. The second-order valence-electron chi connectivity index (χ2n) is 7.66. The number of imidazole rings is 1. The molecule has 1 aromatic carbocycles. The van der Waals surface area contributed by atoms with Crippen molar-refractivity contribution in [2.75, 3.05) is 6.54 Å². The van der Waals surface area contributed by atoms with Gasteiger partial charge in [0.15, 0.2) is 0 Å². The minimum Gasteiger partial charge on any atom is -0.353 e. The Morgan fingerprint density at radius 1 is 1.24 bits per heavy atom. The lowest BCUT2D eigenvalue weighted by Gasteiger charge is -2.14. The van der Waals surface area contributed by atoms with E-state index in [9.17, 15) is 22.8 Å². The van der Waals surface area contributed by atoms with E-state index in [2.05, 4.69) is 15.6 Å². The second kappa shape index (κ2) is 8.42. The van der Waals surface area contributed by atoms with Crippen LogP contribution in [0.2, 0.25) is 0 Å². The van der Waals surface area contributed by atoms with Crippen molar-refractivity contribution in [3.63, 3.8) is 0 Å². The van der Waals surface area contributed by atoms with Crippen molar-refractivity contribution in [1.29, 1.82) is 0 Å². The molecule has 2 aromatic rings. The van der Waals surface area contributed by atoms with E-state index < -0.39 is 23.9 Å². The highest BCUT2D eigenvalue weighted by atomic mass is 19.4. The molecule has 3 rings (SSSR count). The summed E-state index contributed by atoms with van der Waals surface area (Å²) in [4.78, 5) is 28.0. The van der Waals surface area contributed by atoms with Gasteiger partial charge in [0.2, 0.25) is 11.7 Å². The number of carbonyl (C=O) groups excluding carboxylic acids is 2. The number of rotatable bonds is 6. The Balaban J connectivity index is 1.66. The van der Waals surface area contributed by atoms with E-state index in [4.69, 9.17) is 0 Å². The van der Waals surface area contributed by atoms with Crippen molar-refractivity contribution in [2.24, 2.45) is 0 Å². The zero-order valence-electron chi connectivity index (χ0n) is 16.5. The maximum Gasteiger partial charge on any atom is 0.449 e. The number of benzene rings is 1. The number of nitrogens with one attached hydrogen (secondary N) is 2. The van der Waals surface area contributed by atoms with Gasteiger partial charge in [0.1, 0.15) is 0 Å². The van der Waals surface area contributed by atoms with E-state index >= 15 is 0 Å². The molecule has 1 saturated carbocycles. The highest BCUT2D eigenvalue weighted by Gasteiger charge is 2.38. The van der Waals surface area contributed by atoms with Gasteiger partial charge in [-0.15, -0.1) is 0 Å². The predicted molar refractivity (Wildman–Crippen MR) is 102 cm³/mol. The third-order valence-electron chi connectivity index (χ3n) is 5.08. The fourth-order valence-electron chi connectivity index (χ4n) is 3.72. The molecule has 0 aliphatic heterocycles. The molecule has 6 nitrogen and oxygen atoms in total. The molecule has 1 heterocycles. The molecule has 0 spiro atoms. The molecule has 1 aliphatic rings. The van der Waals surface area contributed by atoms with Crippen LogP contribution in [0.5, 0.6) is 0 Å². The standard InChI is InChI=1S/C20H25F3N4O2/c1-12(2)27-16-8-7-13(11-15(16)26-19(27)20(21,22)23)18(29)24-10-9-17(28)25-14-5-3-4-6-14/h7-8,11-12,14H,3-6,9-10H2,1-2H3,(H,24,29)(H,25,28). The van der Waals surface area contributed by atoms with Crippen LogP contribution in [0.3, 0.4) is 0 Å². The molecule has 0 saturated heterocycles. The molecule has 29 heavy (non-hydrogen) atoms. The third kappa shape index (κ3) is 4.89. The number of amides is 2. The van der Waals surface area contributed by atoms with Gasteiger partial charge in [0, 0.05) is 30.6 Å². The second-order valence-corrected chi connectivity index (χ2v) is 7.66. The summed E-state index contributed by atoms with van der Waals surface area (Å²) >= 11 is 0. The number of alkyl halides is 3. The van der Waals surface area contributed by atoms with Crippen molar-refractivity contribution in [3.05, 3.63) is 29.6 Å². The summed E-state index contributed by atoms with van der Waals surface area (Å²) in [6, 6.07) is 4.07. The molecule has 0 bridgehead atoms. The zero-order chi connectivity index (χ0) is 21.2. The number of hydrogen-bond donors (Lipinski definition) is 2. The van der Waals surface area contributed by atoms with Gasteiger partial charge in [0.25, 0.3) is 5.91 Å². The van der Waals surface area contributed by atoms with Crippen LogP contribution in [0.15, 0.2) is 18.2 Å². The molecular weight excluding hydrogens is 385 g/mol. The van der Waals surface area contributed by atoms with Crippen LogP contribution in [0, 0.1) is 0 Å². The normalized spacial score (nSPS) is 15.2. The molecule has 2 amide bonds. The lowest BCUT2D eigenvalue weighted by atomic mass is 10.1. The number of nitrogens with zero attached hydrogens (tertiary/aromatic N) is 2. The van der Waals surface area contributed by atoms with Crippen LogP contribution < -0.4 is 10.6 Å². The minimum absolute atomic E-state index is 0.109. The van der Waals surface area contributed by atoms with Gasteiger partial charge in [-0.2, -0.15) is 13.2 Å². The quantitative estimate of drug-likeness (QED) is 0.760. The molecule has 1 aliphatic carbocycles. The Labute approximate surface area is 166 Å². The maximum absolute atomic E-state index is 13.3. The number of carbonyl (C=O) groups is 2. The molecule has 2 N–H and O–H groups in total. The molecule has 0 radical (unpaired) electrons. The van der Waals surface area contributed by atoms with Crippen molar-refractivity contribution in [3.8, 4) is 0 Å². The monoisotopic (exact) mass is 410 g/mol. The largest absolute Gasteiger partial charge is 0.449 e. The van der Waals surface area contributed by atoms with Crippen LogP contribution in [-0.2, 0) is 11.0 Å². The minimum atomic E-state index is -4.58. The van der Waals surface area contributed by atoms with Crippen molar-refractivity contribution in [1.82, 2.24) is 20.2 Å². The SMILES string of the molecule is CC(C)n1c(C(F)(F)F)nc2cc(C(=O)NCCC(=O)NC3CCCC3)ccc21. The fourth-order valence-corrected chi connectivity index (χ4v) is 3.72. The number of halogens is 3.